The normalized spacial score (nSPS) is 15.4. The zero-order valence-electron chi connectivity index (χ0n) is 12.0. The molecule has 114 valence electrons. The van der Waals surface area contributed by atoms with Gasteiger partial charge in [0.25, 0.3) is 0 Å². The quantitative estimate of drug-likeness (QED) is 0.622. The molecular weight excluding hydrogens is 318 g/mol. The fourth-order valence-corrected chi connectivity index (χ4v) is 3.45. The lowest BCUT2D eigenvalue weighted by Gasteiger charge is -2.27. The first-order valence-corrected chi connectivity index (χ1v) is 8.32. The monoisotopic (exact) mass is 333 g/mol. The van der Waals surface area contributed by atoms with Crippen molar-refractivity contribution in [2.45, 2.75) is 0 Å². The highest BCUT2D eigenvalue weighted by atomic mass is 35.5. The molecule has 1 fully saturated rings. The van der Waals surface area contributed by atoms with E-state index in [1.54, 1.807) is 12.2 Å². The number of allylic oxidation sites excluding steroid dienone is 1. The molecule has 0 radical (unpaired) electrons. The molecule has 2 aromatic rings. The number of morpholine rings is 1. The molecule has 1 aromatic carbocycles. The van der Waals surface area contributed by atoms with Gasteiger partial charge in [-0.1, -0.05) is 29.8 Å². The van der Waals surface area contributed by atoms with Crippen molar-refractivity contribution in [3.63, 3.8) is 0 Å². The van der Waals surface area contributed by atoms with Crippen LogP contribution in [0.5, 0.6) is 0 Å². The lowest BCUT2D eigenvalue weighted by molar-refractivity contribution is 0.105. The van der Waals surface area contributed by atoms with Crippen LogP contribution in [-0.4, -0.2) is 32.1 Å². The molecule has 0 N–H and O–H groups in total. The van der Waals surface area contributed by atoms with Crippen LogP contribution in [0.3, 0.4) is 0 Å². The predicted molar refractivity (Wildman–Crippen MR) is 92.2 cm³/mol. The molecule has 1 aliphatic heterocycles. The number of carbonyl (C=O) groups is 1. The van der Waals surface area contributed by atoms with Crippen molar-refractivity contribution < 1.29 is 9.53 Å². The maximum Gasteiger partial charge on any atom is 0.195 e. The molecule has 1 saturated heterocycles. The van der Waals surface area contributed by atoms with Crippen LogP contribution in [0, 0.1) is 0 Å². The minimum atomic E-state index is 0.0180. The molecule has 3 nitrogen and oxygen atoms in total. The van der Waals surface area contributed by atoms with E-state index in [9.17, 15) is 4.79 Å². The van der Waals surface area contributed by atoms with Gasteiger partial charge in [-0.2, -0.15) is 0 Å². The second-order valence-corrected chi connectivity index (χ2v) is 6.49. The molecule has 0 bridgehead atoms. The van der Waals surface area contributed by atoms with Crippen LogP contribution in [0.1, 0.15) is 15.2 Å². The number of thiophene rings is 1. The van der Waals surface area contributed by atoms with Gasteiger partial charge in [-0.15, -0.1) is 11.3 Å². The van der Waals surface area contributed by atoms with Crippen molar-refractivity contribution in [2.75, 3.05) is 31.2 Å². The third-order valence-electron chi connectivity index (χ3n) is 3.43. The maximum absolute atomic E-state index is 12.2. The molecule has 1 aliphatic rings. The summed E-state index contributed by atoms with van der Waals surface area (Å²) in [5.41, 5.74) is 0.922. The first-order chi connectivity index (χ1) is 10.7. The lowest BCUT2D eigenvalue weighted by atomic mass is 10.2. The van der Waals surface area contributed by atoms with Crippen molar-refractivity contribution in [3.8, 4) is 0 Å². The molecule has 1 aromatic heterocycles. The fraction of sp³-hybridized carbons (Fsp3) is 0.235. The SMILES string of the molecule is O=C(/C=C/c1cccc(Cl)c1)c1ccc(N2CCOCC2)s1. The highest BCUT2D eigenvalue weighted by Crippen LogP contribution is 2.27. The fourth-order valence-electron chi connectivity index (χ4n) is 2.28. The summed E-state index contributed by atoms with van der Waals surface area (Å²) >= 11 is 7.46. The minimum absolute atomic E-state index is 0.0180. The van der Waals surface area contributed by atoms with E-state index >= 15 is 0 Å². The molecule has 0 amide bonds. The average Bonchev–Trinajstić information content (AvgIpc) is 3.04. The summed E-state index contributed by atoms with van der Waals surface area (Å²) in [5, 5.41) is 1.79. The molecule has 0 saturated carbocycles. The van der Waals surface area contributed by atoms with Gasteiger partial charge in [-0.3, -0.25) is 4.79 Å². The van der Waals surface area contributed by atoms with E-state index in [2.05, 4.69) is 4.90 Å². The number of rotatable bonds is 4. The molecule has 2 heterocycles. The van der Waals surface area contributed by atoms with Crippen LogP contribution in [0.2, 0.25) is 5.02 Å². The van der Waals surface area contributed by atoms with Gasteiger partial charge in [0.15, 0.2) is 5.78 Å². The summed E-state index contributed by atoms with van der Waals surface area (Å²) in [4.78, 5) is 15.3. The van der Waals surface area contributed by atoms with Crippen molar-refractivity contribution in [1.29, 1.82) is 0 Å². The van der Waals surface area contributed by atoms with Crippen LogP contribution in [0.15, 0.2) is 42.5 Å². The van der Waals surface area contributed by atoms with Crippen molar-refractivity contribution in [2.24, 2.45) is 0 Å². The second-order valence-electron chi connectivity index (χ2n) is 4.99. The number of halogens is 1. The molecular formula is C17H16ClNO2S. The number of ketones is 1. The molecule has 3 rings (SSSR count). The smallest absolute Gasteiger partial charge is 0.195 e. The molecule has 5 heteroatoms. The maximum atomic E-state index is 12.2. The zero-order valence-corrected chi connectivity index (χ0v) is 13.6. The molecule has 22 heavy (non-hydrogen) atoms. The Balaban J connectivity index is 1.68. The van der Waals surface area contributed by atoms with Gasteiger partial charge in [-0.25, -0.2) is 0 Å². The second kappa shape index (κ2) is 7.09. The van der Waals surface area contributed by atoms with Crippen LogP contribution in [0.4, 0.5) is 5.00 Å². The Bertz CT molecular complexity index is 689. The minimum Gasteiger partial charge on any atom is -0.378 e. The highest BCUT2D eigenvalue weighted by Gasteiger charge is 2.14. The van der Waals surface area contributed by atoms with E-state index in [1.807, 2.05) is 36.4 Å². The highest BCUT2D eigenvalue weighted by molar-refractivity contribution is 7.18. The van der Waals surface area contributed by atoms with Gasteiger partial charge >= 0.3 is 0 Å². The zero-order chi connectivity index (χ0) is 15.4. The summed E-state index contributed by atoms with van der Waals surface area (Å²) in [6.45, 7) is 3.25. The van der Waals surface area contributed by atoms with Crippen molar-refractivity contribution in [3.05, 3.63) is 57.9 Å². The third-order valence-corrected chi connectivity index (χ3v) is 4.83. The number of nitrogens with zero attached hydrogens (tertiary/aromatic N) is 1. The van der Waals surface area contributed by atoms with Gasteiger partial charge in [0.1, 0.15) is 0 Å². The summed E-state index contributed by atoms with van der Waals surface area (Å²) < 4.78 is 5.35. The van der Waals surface area contributed by atoms with Crippen LogP contribution in [0.25, 0.3) is 6.08 Å². The lowest BCUT2D eigenvalue weighted by Crippen LogP contribution is -2.35. The summed E-state index contributed by atoms with van der Waals surface area (Å²) in [6.07, 6.45) is 3.39. The standard InChI is InChI=1S/C17H16ClNO2S/c18-14-3-1-2-13(12-14)4-5-15(20)16-6-7-17(22-16)19-8-10-21-11-9-19/h1-7,12H,8-11H2/b5-4+. The van der Waals surface area contributed by atoms with Gasteiger partial charge < -0.3 is 9.64 Å². The Labute approximate surface area is 138 Å². The Hall–Kier alpha value is -1.62. The molecule has 0 unspecified atom stereocenters. The first-order valence-electron chi connectivity index (χ1n) is 7.13. The number of carbonyl (C=O) groups excluding carboxylic acids is 1. The van der Waals surface area contributed by atoms with Crippen molar-refractivity contribution in [1.82, 2.24) is 0 Å². The summed E-state index contributed by atoms with van der Waals surface area (Å²) in [7, 11) is 0. The Morgan fingerprint density at radius 1 is 1.23 bits per heavy atom. The first kappa shape index (κ1) is 15.3. The largest absolute Gasteiger partial charge is 0.378 e. The van der Waals surface area contributed by atoms with E-state index in [1.165, 1.54) is 11.3 Å². The van der Waals surface area contributed by atoms with Crippen LogP contribution >= 0.6 is 22.9 Å². The molecule has 0 spiro atoms. The van der Waals surface area contributed by atoms with Gasteiger partial charge in [0.05, 0.1) is 23.1 Å². The van der Waals surface area contributed by atoms with Gasteiger partial charge in [0.2, 0.25) is 0 Å². The number of hydrogen-bond donors (Lipinski definition) is 0. The number of benzene rings is 1. The number of hydrogen-bond acceptors (Lipinski definition) is 4. The summed E-state index contributed by atoms with van der Waals surface area (Å²) in [5.74, 6) is 0.0180. The van der Waals surface area contributed by atoms with E-state index in [0.717, 1.165) is 41.7 Å². The van der Waals surface area contributed by atoms with Gasteiger partial charge in [-0.05, 0) is 35.9 Å². The Morgan fingerprint density at radius 3 is 2.82 bits per heavy atom. The van der Waals surface area contributed by atoms with E-state index in [4.69, 9.17) is 16.3 Å². The van der Waals surface area contributed by atoms with Crippen molar-refractivity contribution >= 4 is 39.8 Å². The van der Waals surface area contributed by atoms with E-state index in [0.29, 0.717) is 5.02 Å². The van der Waals surface area contributed by atoms with Crippen LogP contribution in [-0.2, 0) is 4.74 Å². The predicted octanol–water partition coefficient (Wildman–Crippen LogP) is 4.13. The molecule has 0 aliphatic carbocycles. The topological polar surface area (TPSA) is 29.5 Å². The molecule has 0 atom stereocenters. The van der Waals surface area contributed by atoms with E-state index in [-0.39, 0.29) is 5.78 Å². The van der Waals surface area contributed by atoms with E-state index < -0.39 is 0 Å². The Kier molecular flexibility index (Phi) is 4.93. The van der Waals surface area contributed by atoms with Gasteiger partial charge in [0, 0.05) is 18.1 Å². The number of ether oxygens (including phenoxy) is 1. The number of anilines is 1. The third kappa shape index (κ3) is 3.77. The van der Waals surface area contributed by atoms with Crippen LogP contribution < -0.4 is 4.90 Å². The average molecular weight is 334 g/mol. The Morgan fingerprint density at radius 2 is 2.05 bits per heavy atom. The summed E-state index contributed by atoms with van der Waals surface area (Å²) in [6, 6.07) is 11.3.